The zero-order valence-corrected chi connectivity index (χ0v) is 10.8. The van der Waals surface area contributed by atoms with Crippen LogP contribution in [0.1, 0.15) is 33.1 Å². The molecule has 98 valence electrons. The molecule has 1 aliphatic carbocycles. The minimum absolute atomic E-state index is 0.0332. The predicted octanol–water partition coefficient (Wildman–Crippen LogP) is 3.23. The second-order valence-corrected chi connectivity index (χ2v) is 5.31. The monoisotopic (exact) mass is 249 g/mol. The summed E-state index contributed by atoms with van der Waals surface area (Å²) >= 11 is 0. The summed E-state index contributed by atoms with van der Waals surface area (Å²) in [6.45, 7) is 4.54. The molecule has 0 spiro atoms. The minimum atomic E-state index is -0.429. The Balaban J connectivity index is 1.99. The number of hydrogen-bond donors (Lipinski definition) is 1. The third-order valence-electron chi connectivity index (χ3n) is 3.72. The van der Waals surface area contributed by atoms with Crippen LogP contribution in [-0.4, -0.2) is 15.9 Å². The van der Waals surface area contributed by atoms with E-state index < -0.39 is 4.92 Å². The number of anilines is 1. The summed E-state index contributed by atoms with van der Waals surface area (Å²) in [5, 5.41) is 13.9. The van der Waals surface area contributed by atoms with Crippen LogP contribution in [0.2, 0.25) is 0 Å². The van der Waals surface area contributed by atoms with Gasteiger partial charge < -0.3 is 5.32 Å². The van der Waals surface area contributed by atoms with Crippen LogP contribution in [0.15, 0.2) is 18.3 Å². The number of nitrogens with zero attached hydrogens (tertiary/aromatic N) is 2. The van der Waals surface area contributed by atoms with Gasteiger partial charge in [0.15, 0.2) is 0 Å². The summed E-state index contributed by atoms with van der Waals surface area (Å²) in [6.07, 6.45) is 4.90. The molecule has 0 aromatic carbocycles. The normalized spacial score (nSPS) is 27.8. The second kappa shape index (κ2) is 5.33. The first kappa shape index (κ1) is 12.8. The van der Waals surface area contributed by atoms with E-state index in [1.165, 1.54) is 25.1 Å². The molecule has 18 heavy (non-hydrogen) atoms. The second-order valence-electron chi connectivity index (χ2n) is 5.31. The highest BCUT2D eigenvalue weighted by Crippen LogP contribution is 2.30. The first-order valence-electron chi connectivity index (χ1n) is 6.43. The zero-order chi connectivity index (χ0) is 13.1. The summed E-state index contributed by atoms with van der Waals surface area (Å²) in [4.78, 5) is 14.2. The van der Waals surface area contributed by atoms with Crippen molar-refractivity contribution in [3.8, 4) is 0 Å². The SMILES string of the molecule is CC1CCC(Nc2ccc([N+](=O)[O-])cn2)C(C)C1. The lowest BCUT2D eigenvalue weighted by Crippen LogP contribution is -2.33. The Bertz CT molecular complexity index is 419. The Morgan fingerprint density at radius 2 is 2.17 bits per heavy atom. The first-order valence-corrected chi connectivity index (χ1v) is 6.43. The van der Waals surface area contributed by atoms with Crippen molar-refractivity contribution in [2.75, 3.05) is 5.32 Å². The smallest absolute Gasteiger partial charge is 0.287 e. The van der Waals surface area contributed by atoms with Gasteiger partial charge in [-0.2, -0.15) is 0 Å². The highest BCUT2D eigenvalue weighted by Gasteiger charge is 2.25. The Labute approximate surface area is 107 Å². The Hall–Kier alpha value is -1.65. The molecule has 1 saturated carbocycles. The van der Waals surface area contributed by atoms with Gasteiger partial charge in [-0.25, -0.2) is 4.98 Å². The summed E-state index contributed by atoms with van der Waals surface area (Å²) in [7, 11) is 0. The van der Waals surface area contributed by atoms with Crippen LogP contribution in [0.4, 0.5) is 11.5 Å². The van der Waals surface area contributed by atoms with Gasteiger partial charge in [0.25, 0.3) is 5.69 Å². The van der Waals surface area contributed by atoms with E-state index in [4.69, 9.17) is 0 Å². The van der Waals surface area contributed by atoms with Crippen LogP contribution in [0.3, 0.4) is 0 Å². The molecule has 1 aromatic rings. The van der Waals surface area contributed by atoms with Gasteiger partial charge in [-0.05, 0) is 37.2 Å². The molecule has 5 nitrogen and oxygen atoms in total. The molecule has 5 heteroatoms. The maximum Gasteiger partial charge on any atom is 0.287 e. The standard InChI is InChI=1S/C13H19N3O2/c1-9-3-5-12(10(2)7-9)15-13-6-4-11(8-14-13)16(17)18/h4,6,8-10,12H,3,5,7H2,1-2H3,(H,14,15). The highest BCUT2D eigenvalue weighted by atomic mass is 16.6. The van der Waals surface area contributed by atoms with Crippen LogP contribution in [0.25, 0.3) is 0 Å². The fourth-order valence-corrected chi connectivity index (χ4v) is 2.65. The van der Waals surface area contributed by atoms with Gasteiger partial charge in [-0.3, -0.25) is 10.1 Å². The van der Waals surface area contributed by atoms with Crippen LogP contribution >= 0.6 is 0 Å². The molecule has 0 bridgehead atoms. The quantitative estimate of drug-likeness (QED) is 0.659. The molecule has 0 radical (unpaired) electrons. The maximum atomic E-state index is 10.5. The summed E-state index contributed by atoms with van der Waals surface area (Å²) in [5.41, 5.74) is 0.0332. The van der Waals surface area contributed by atoms with Crippen LogP contribution < -0.4 is 5.32 Å². The van der Waals surface area contributed by atoms with Gasteiger partial charge in [0.2, 0.25) is 0 Å². The first-order chi connectivity index (χ1) is 8.56. The van der Waals surface area contributed by atoms with Crippen molar-refractivity contribution < 1.29 is 4.92 Å². The van der Waals surface area contributed by atoms with E-state index in [1.54, 1.807) is 6.07 Å². The fourth-order valence-electron chi connectivity index (χ4n) is 2.65. The van der Waals surface area contributed by atoms with Crippen molar-refractivity contribution >= 4 is 11.5 Å². The van der Waals surface area contributed by atoms with E-state index in [9.17, 15) is 10.1 Å². The van der Waals surface area contributed by atoms with E-state index >= 15 is 0 Å². The molecule has 1 fully saturated rings. The maximum absolute atomic E-state index is 10.5. The van der Waals surface area contributed by atoms with Gasteiger partial charge in [0, 0.05) is 12.1 Å². The van der Waals surface area contributed by atoms with E-state index in [1.807, 2.05) is 0 Å². The Morgan fingerprint density at radius 1 is 1.39 bits per heavy atom. The van der Waals surface area contributed by atoms with Crippen molar-refractivity contribution in [2.24, 2.45) is 11.8 Å². The molecule has 0 aliphatic heterocycles. The molecule has 2 rings (SSSR count). The summed E-state index contributed by atoms with van der Waals surface area (Å²) in [6, 6.07) is 3.60. The molecule has 1 heterocycles. The van der Waals surface area contributed by atoms with Crippen molar-refractivity contribution in [1.29, 1.82) is 0 Å². The zero-order valence-electron chi connectivity index (χ0n) is 10.8. The number of rotatable bonds is 3. The molecule has 0 amide bonds. The molecular weight excluding hydrogens is 230 g/mol. The lowest BCUT2D eigenvalue weighted by molar-refractivity contribution is -0.385. The van der Waals surface area contributed by atoms with Crippen molar-refractivity contribution in [1.82, 2.24) is 4.98 Å². The van der Waals surface area contributed by atoms with E-state index in [0.717, 1.165) is 18.2 Å². The summed E-state index contributed by atoms with van der Waals surface area (Å²) in [5.74, 6) is 2.14. The van der Waals surface area contributed by atoms with Gasteiger partial charge in [-0.1, -0.05) is 13.8 Å². The van der Waals surface area contributed by atoms with E-state index in [-0.39, 0.29) is 5.69 Å². The van der Waals surface area contributed by atoms with E-state index in [0.29, 0.717) is 12.0 Å². The van der Waals surface area contributed by atoms with Gasteiger partial charge in [0.05, 0.1) is 4.92 Å². The van der Waals surface area contributed by atoms with E-state index in [2.05, 4.69) is 24.1 Å². The molecule has 1 aromatic heterocycles. The van der Waals surface area contributed by atoms with Crippen LogP contribution in [0, 0.1) is 22.0 Å². The van der Waals surface area contributed by atoms with Crippen molar-refractivity contribution in [3.05, 3.63) is 28.4 Å². The predicted molar refractivity (Wildman–Crippen MR) is 70.5 cm³/mol. The molecule has 1 aliphatic rings. The Kier molecular flexibility index (Phi) is 3.79. The molecule has 1 N–H and O–H groups in total. The topological polar surface area (TPSA) is 68.1 Å². The average Bonchev–Trinajstić information content (AvgIpc) is 2.33. The lowest BCUT2D eigenvalue weighted by atomic mass is 9.80. The fraction of sp³-hybridized carbons (Fsp3) is 0.615. The average molecular weight is 249 g/mol. The molecule has 3 unspecified atom stereocenters. The third kappa shape index (κ3) is 2.97. The molecular formula is C13H19N3O2. The number of aromatic nitrogens is 1. The Morgan fingerprint density at radius 3 is 2.72 bits per heavy atom. The number of hydrogen-bond acceptors (Lipinski definition) is 4. The van der Waals surface area contributed by atoms with Gasteiger partial charge in [-0.15, -0.1) is 0 Å². The van der Waals surface area contributed by atoms with Crippen LogP contribution in [-0.2, 0) is 0 Å². The number of pyridine rings is 1. The number of nitro groups is 1. The molecule has 0 saturated heterocycles. The third-order valence-corrected chi connectivity index (χ3v) is 3.72. The van der Waals surface area contributed by atoms with Crippen molar-refractivity contribution in [3.63, 3.8) is 0 Å². The largest absolute Gasteiger partial charge is 0.367 e. The number of nitrogens with one attached hydrogen (secondary N) is 1. The summed E-state index contributed by atoms with van der Waals surface area (Å²) < 4.78 is 0. The van der Waals surface area contributed by atoms with Gasteiger partial charge in [0.1, 0.15) is 12.0 Å². The molecule has 3 atom stereocenters. The van der Waals surface area contributed by atoms with Gasteiger partial charge >= 0.3 is 0 Å². The minimum Gasteiger partial charge on any atom is -0.367 e. The highest BCUT2D eigenvalue weighted by molar-refractivity contribution is 5.41. The van der Waals surface area contributed by atoms with Crippen LogP contribution in [0.5, 0.6) is 0 Å². The van der Waals surface area contributed by atoms with Crippen molar-refractivity contribution in [2.45, 2.75) is 39.2 Å². The lowest BCUT2D eigenvalue weighted by Gasteiger charge is -2.33.